The average Bonchev–Trinajstić information content (AvgIpc) is 2.24. The molecule has 0 N–H and O–H groups in total. The summed E-state index contributed by atoms with van der Waals surface area (Å²) in [6.45, 7) is 3.05. The Hall–Kier alpha value is -0.850. The Balaban J connectivity index is 2.91. The quantitative estimate of drug-likeness (QED) is 0.471. The van der Waals surface area contributed by atoms with Gasteiger partial charge < -0.3 is 4.90 Å². The molecule has 0 spiro atoms. The zero-order valence-electron chi connectivity index (χ0n) is 9.44. The molecular formula is C11H15IN2O2. The Morgan fingerprint density at radius 2 is 2.12 bits per heavy atom. The summed E-state index contributed by atoms with van der Waals surface area (Å²) in [5.41, 5.74) is 1.07. The van der Waals surface area contributed by atoms with Gasteiger partial charge in [0, 0.05) is 35.0 Å². The van der Waals surface area contributed by atoms with Crippen molar-refractivity contribution in [3.8, 4) is 0 Å². The number of benzene rings is 1. The van der Waals surface area contributed by atoms with Crippen LogP contribution in [0.1, 0.15) is 19.8 Å². The molecule has 0 unspecified atom stereocenters. The molecule has 0 aromatic heterocycles. The van der Waals surface area contributed by atoms with Gasteiger partial charge in [-0.2, -0.15) is 0 Å². The Morgan fingerprint density at radius 3 is 2.69 bits per heavy atom. The van der Waals surface area contributed by atoms with E-state index in [-0.39, 0.29) is 10.6 Å². The van der Waals surface area contributed by atoms with Gasteiger partial charge in [0.1, 0.15) is 0 Å². The molecule has 16 heavy (non-hydrogen) atoms. The molecule has 0 aliphatic rings. The molecule has 0 saturated heterocycles. The van der Waals surface area contributed by atoms with Crippen molar-refractivity contribution in [2.75, 3.05) is 18.5 Å². The second-order valence-electron chi connectivity index (χ2n) is 3.70. The van der Waals surface area contributed by atoms with Gasteiger partial charge in [-0.25, -0.2) is 0 Å². The zero-order chi connectivity index (χ0) is 12.1. The summed E-state index contributed by atoms with van der Waals surface area (Å²) in [6, 6.07) is 5.17. The van der Waals surface area contributed by atoms with E-state index in [0.29, 0.717) is 0 Å². The van der Waals surface area contributed by atoms with E-state index >= 15 is 0 Å². The smallest absolute Gasteiger partial charge is 0.272 e. The second kappa shape index (κ2) is 6.03. The van der Waals surface area contributed by atoms with Gasteiger partial charge in [-0.3, -0.25) is 10.1 Å². The van der Waals surface area contributed by atoms with Gasteiger partial charge in [-0.15, -0.1) is 0 Å². The molecule has 1 rings (SSSR count). The van der Waals surface area contributed by atoms with Crippen LogP contribution in [0.15, 0.2) is 18.2 Å². The SMILES string of the molecule is CCCCN(C)c1cc(I)cc([N+](=O)[O-])c1. The van der Waals surface area contributed by atoms with E-state index in [0.717, 1.165) is 28.6 Å². The third-order valence-corrected chi connectivity index (χ3v) is 2.99. The van der Waals surface area contributed by atoms with Crippen molar-refractivity contribution in [2.45, 2.75) is 19.8 Å². The number of unbranched alkanes of at least 4 members (excludes halogenated alkanes) is 1. The molecule has 0 amide bonds. The number of nitro benzene ring substituents is 1. The minimum Gasteiger partial charge on any atom is -0.374 e. The lowest BCUT2D eigenvalue weighted by atomic mass is 10.2. The lowest BCUT2D eigenvalue weighted by Crippen LogP contribution is -2.18. The molecule has 0 aliphatic carbocycles. The van der Waals surface area contributed by atoms with Crippen LogP contribution < -0.4 is 4.90 Å². The summed E-state index contributed by atoms with van der Waals surface area (Å²) in [4.78, 5) is 12.4. The molecule has 0 radical (unpaired) electrons. The van der Waals surface area contributed by atoms with Crippen molar-refractivity contribution >= 4 is 34.0 Å². The predicted molar refractivity (Wildman–Crippen MR) is 74.0 cm³/mol. The number of hydrogen-bond acceptors (Lipinski definition) is 3. The van der Waals surface area contributed by atoms with Gasteiger partial charge in [0.05, 0.1) is 4.92 Å². The molecule has 88 valence electrons. The van der Waals surface area contributed by atoms with Crippen molar-refractivity contribution < 1.29 is 4.92 Å². The lowest BCUT2D eigenvalue weighted by molar-refractivity contribution is -0.384. The monoisotopic (exact) mass is 334 g/mol. The van der Waals surface area contributed by atoms with Gasteiger partial charge in [0.2, 0.25) is 0 Å². The molecule has 0 atom stereocenters. The Morgan fingerprint density at radius 1 is 1.44 bits per heavy atom. The van der Waals surface area contributed by atoms with Crippen LogP contribution in [0.4, 0.5) is 11.4 Å². The van der Waals surface area contributed by atoms with E-state index in [2.05, 4.69) is 34.4 Å². The van der Waals surface area contributed by atoms with Gasteiger partial charge in [-0.1, -0.05) is 13.3 Å². The van der Waals surface area contributed by atoms with Crippen molar-refractivity contribution in [1.82, 2.24) is 0 Å². The molecular weight excluding hydrogens is 319 g/mol. The number of nitro groups is 1. The molecule has 5 heteroatoms. The van der Waals surface area contributed by atoms with Crippen molar-refractivity contribution in [3.05, 3.63) is 31.9 Å². The Labute approximate surface area is 109 Å². The van der Waals surface area contributed by atoms with E-state index in [1.807, 2.05) is 13.1 Å². The molecule has 0 fully saturated rings. The van der Waals surface area contributed by atoms with E-state index in [9.17, 15) is 10.1 Å². The van der Waals surface area contributed by atoms with Crippen LogP contribution in [0.3, 0.4) is 0 Å². The molecule has 4 nitrogen and oxygen atoms in total. The Bertz CT molecular complexity index is 382. The van der Waals surface area contributed by atoms with E-state index in [4.69, 9.17) is 0 Å². The van der Waals surface area contributed by atoms with Crippen LogP contribution in [0, 0.1) is 13.7 Å². The molecule has 0 saturated carbocycles. The van der Waals surface area contributed by atoms with Crippen molar-refractivity contribution in [2.24, 2.45) is 0 Å². The van der Waals surface area contributed by atoms with Crippen molar-refractivity contribution in [1.29, 1.82) is 0 Å². The third-order valence-electron chi connectivity index (χ3n) is 2.37. The second-order valence-corrected chi connectivity index (χ2v) is 4.95. The van der Waals surface area contributed by atoms with Crippen LogP contribution >= 0.6 is 22.6 Å². The fraction of sp³-hybridized carbons (Fsp3) is 0.455. The summed E-state index contributed by atoms with van der Waals surface area (Å²) >= 11 is 2.10. The lowest BCUT2D eigenvalue weighted by Gasteiger charge is -2.18. The van der Waals surface area contributed by atoms with Gasteiger partial charge in [0.15, 0.2) is 0 Å². The maximum atomic E-state index is 10.7. The number of hydrogen-bond donors (Lipinski definition) is 0. The topological polar surface area (TPSA) is 46.4 Å². The first-order chi connectivity index (χ1) is 7.54. The summed E-state index contributed by atoms with van der Waals surface area (Å²) in [7, 11) is 1.96. The number of halogens is 1. The molecule has 0 bridgehead atoms. The standard InChI is InChI=1S/C11H15IN2O2/c1-3-4-5-13(2)10-6-9(12)7-11(8-10)14(15)16/h6-8H,3-5H2,1-2H3. The fourth-order valence-corrected chi connectivity index (χ4v) is 2.05. The van der Waals surface area contributed by atoms with Gasteiger partial charge in [0.25, 0.3) is 5.69 Å². The van der Waals surface area contributed by atoms with Crippen LogP contribution in [0.25, 0.3) is 0 Å². The Kier molecular flexibility index (Phi) is 4.98. The van der Waals surface area contributed by atoms with Crippen LogP contribution in [-0.4, -0.2) is 18.5 Å². The summed E-state index contributed by atoms with van der Waals surface area (Å²) < 4.78 is 0.894. The highest BCUT2D eigenvalue weighted by Gasteiger charge is 2.10. The van der Waals surface area contributed by atoms with Crippen LogP contribution in [0.2, 0.25) is 0 Å². The highest BCUT2D eigenvalue weighted by molar-refractivity contribution is 14.1. The highest BCUT2D eigenvalue weighted by atomic mass is 127. The summed E-state index contributed by atoms with van der Waals surface area (Å²) in [6.07, 6.45) is 2.21. The minimum absolute atomic E-state index is 0.158. The molecule has 1 aromatic carbocycles. The first-order valence-electron chi connectivity index (χ1n) is 5.20. The largest absolute Gasteiger partial charge is 0.374 e. The van der Waals surface area contributed by atoms with E-state index in [1.165, 1.54) is 0 Å². The van der Waals surface area contributed by atoms with Gasteiger partial charge in [-0.05, 0) is 35.1 Å². The number of anilines is 1. The predicted octanol–water partition coefficient (Wildman–Crippen LogP) is 3.44. The third kappa shape index (κ3) is 3.62. The number of non-ortho nitro benzene ring substituents is 1. The van der Waals surface area contributed by atoms with Crippen LogP contribution in [-0.2, 0) is 0 Å². The maximum absolute atomic E-state index is 10.7. The number of rotatable bonds is 5. The first-order valence-corrected chi connectivity index (χ1v) is 6.28. The van der Waals surface area contributed by atoms with Gasteiger partial charge >= 0.3 is 0 Å². The normalized spacial score (nSPS) is 10.2. The highest BCUT2D eigenvalue weighted by Crippen LogP contribution is 2.24. The first kappa shape index (κ1) is 13.2. The van der Waals surface area contributed by atoms with Crippen LogP contribution in [0.5, 0.6) is 0 Å². The minimum atomic E-state index is -0.348. The summed E-state index contributed by atoms with van der Waals surface area (Å²) in [5.74, 6) is 0. The fourth-order valence-electron chi connectivity index (χ4n) is 1.41. The average molecular weight is 334 g/mol. The molecule has 0 heterocycles. The summed E-state index contributed by atoms with van der Waals surface area (Å²) in [5, 5.41) is 10.7. The zero-order valence-corrected chi connectivity index (χ0v) is 11.6. The van der Waals surface area contributed by atoms with E-state index < -0.39 is 0 Å². The van der Waals surface area contributed by atoms with Crippen molar-refractivity contribution in [3.63, 3.8) is 0 Å². The molecule has 0 aliphatic heterocycles. The molecule has 1 aromatic rings. The van der Waals surface area contributed by atoms with E-state index in [1.54, 1.807) is 12.1 Å². The maximum Gasteiger partial charge on any atom is 0.272 e. The number of nitrogens with zero attached hydrogens (tertiary/aromatic N) is 2.